The average Bonchev–Trinajstić information content (AvgIpc) is 3.04. The van der Waals surface area contributed by atoms with Crippen LogP contribution in [-0.2, 0) is 13.0 Å². The lowest BCUT2D eigenvalue weighted by Gasteiger charge is -2.04. The number of anilines is 1. The molecule has 0 aliphatic heterocycles. The molecule has 0 spiro atoms. The van der Waals surface area contributed by atoms with Crippen molar-refractivity contribution < 1.29 is 9.85 Å². The molecule has 5 N–H and O–H groups in total. The standard InChI is InChI=1S/C17H13Cl2N5O4.H3N/c18-10-1-3-12(14(19)7-10)13-8-22(9-16(13)24(27)28)6-5-11-2-4-15(23(25)26)17(20)21-11;/h1-4,7-9H,5-6H2,(H2,20,21);1H3. The summed E-state index contributed by atoms with van der Waals surface area (Å²) in [4.78, 5) is 25.1. The van der Waals surface area contributed by atoms with E-state index in [2.05, 4.69) is 4.98 Å². The van der Waals surface area contributed by atoms with E-state index in [-0.39, 0.29) is 23.3 Å². The molecule has 3 aromatic rings. The minimum absolute atomic E-state index is 0. The summed E-state index contributed by atoms with van der Waals surface area (Å²) in [7, 11) is 0. The van der Waals surface area contributed by atoms with Crippen LogP contribution in [0.15, 0.2) is 42.7 Å². The number of pyridine rings is 1. The predicted molar refractivity (Wildman–Crippen MR) is 111 cm³/mol. The van der Waals surface area contributed by atoms with Crippen molar-refractivity contribution in [1.29, 1.82) is 0 Å². The zero-order chi connectivity index (χ0) is 20.4. The molecule has 0 bridgehead atoms. The molecule has 0 radical (unpaired) electrons. The number of nitro groups is 2. The van der Waals surface area contributed by atoms with Gasteiger partial charge in [0.1, 0.15) is 0 Å². The van der Waals surface area contributed by atoms with Crippen LogP contribution >= 0.6 is 23.2 Å². The number of rotatable bonds is 6. The summed E-state index contributed by atoms with van der Waals surface area (Å²) >= 11 is 12.1. The first-order chi connectivity index (χ1) is 13.3. The van der Waals surface area contributed by atoms with Gasteiger partial charge in [-0.3, -0.25) is 20.2 Å². The summed E-state index contributed by atoms with van der Waals surface area (Å²) in [6.45, 7) is 0.357. The Morgan fingerprint density at radius 2 is 1.69 bits per heavy atom. The summed E-state index contributed by atoms with van der Waals surface area (Å²) in [5, 5.41) is 23.0. The Balaban J connectivity index is 0.00000300. The Morgan fingerprint density at radius 3 is 2.28 bits per heavy atom. The topological polar surface area (TPSA) is 165 Å². The molecule has 0 saturated carbocycles. The second kappa shape index (κ2) is 8.86. The van der Waals surface area contributed by atoms with Crippen LogP contribution in [-0.4, -0.2) is 19.4 Å². The van der Waals surface area contributed by atoms with Gasteiger partial charge in [0.2, 0.25) is 5.82 Å². The average molecular weight is 439 g/mol. The summed E-state index contributed by atoms with van der Waals surface area (Å²) < 4.78 is 1.64. The second-order valence-electron chi connectivity index (χ2n) is 5.89. The molecule has 0 aliphatic carbocycles. The Bertz CT molecular complexity index is 1090. The van der Waals surface area contributed by atoms with E-state index < -0.39 is 9.85 Å². The van der Waals surface area contributed by atoms with Crippen molar-refractivity contribution in [3.05, 3.63) is 78.7 Å². The van der Waals surface area contributed by atoms with E-state index in [0.717, 1.165) is 0 Å². The summed E-state index contributed by atoms with van der Waals surface area (Å²) in [6, 6.07) is 7.53. The van der Waals surface area contributed by atoms with Gasteiger partial charge in [0.05, 0.1) is 26.6 Å². The summed E-state index contributed by atoms with van der Waals surface area (Å²) in [5.74, 6) is -0.172. The van der Waals surface area contributed by atoms with Crippen LogP contribution in [0.2, 0.25) is 10.0 Å². The number of nitrogen functional groups attached to an aromatic ring is 1. The maximum atomic E-state index is 11.4. The highest BCUT2D eigenvalue weighted by molar-refractivity contribution is 6.36. The Kier molecular flexibility index (Phi) is 6.75. The van der Waals surface area contributed by atoms with E-state index >= 15 is 0 Å². The van der Waals surface area contributed by atoms with Gasteiger partial charge >= 0.3 is 5.69 Å². The fraction of sp³-hybridized carbons (Fsp3) is 0.118. The number of hydrogen-bond acceptors (Lipinski definition) is 7. The van der Waals surface area contributed by atoms with Gasteiger partial charge in [-0.15, -0.1) is 0 Å². The quantitative estimate of drug-likeness (QED) is 0.416. The maximum Gasteiger partial charge on any atom is 0.311 e. The van der Waals surface area contributed by atoms with Crippen LogP contribution in [0.25, 0.3) is 11.1 Å². The highest BCUT2D eigenvalue weighted by Gasteiger charge is 2.21. The van der Waals surface area contributed by atoms with Crippen molar-refractivity contribution in [2.45, 2.75) is 13.0 Å². The first-order valence-electron chi connectivity index (χ1n) is 7.95. The maximum absolute atomic E-state index is 11.4. The van der Waals surface area contributed by atoms with Gasteiger partial charge in [-0.2, -0.15) is 0 Å². The molecule has 0 fully saturated rings. The lowest BCUT2D eigenvalue weighted by molar-refractivity contribution is -0.384. The van der Waals surface area contributed by atoms with Gasteiger partial charge in [-0.05, 0) is 18.2 Å². The van der Waals surface area contributed by atoms with Crippen LogP contribution in [0.1, 0.15) is 5.69 Å². The molecule has 1 aromatic carbocycles. The normalized spacial score (nSPS) is 10.4. The smallest absolute Gasteiger partial charge is 0.311 e. The molecule has 0 atom stereocenters. The van der Waals surface area contributed by atoms with Crippen molar-refractivity contribution in [2.75, 3.05) is 5.73 Å². The Hall–Kier alpha value is -3.21. The first kappa shape index (κ1) is 22.1. The van der Waals surface area contributed by atoms with Crippen LogP contribution < -0.4 is 11.9 Å². The molecule has 10 nitrogen and oxygen atoms in total. The van der Waals surface area contributed by atoms with E-state index in [4.69, 9.17) is 28.9 Å². The number of aromatic nitrogens is 2. The third-order valence-electron chi connectivity index (χ3n) is 4.06. The number of aryl methyl sites for hydroxylation is 2. The van der Waals surface area contributed by atoms with E-state index in [1.807, 2.05) is 0 Å². The Morgan fingerprint density at radius 1 is 1.00 bits per heavy atom. The molecular weight excluding hydrogens is 423 g/mol. The van der Waals surface area contributed by atoms with E-state index in [1.165, 1.54) is 24.4 Å². The number of nitrogens with zero attached hydrogens (tertiary/aromatic N) is 4. The molecule has 3 rings (SSSR count). The largest absolute Gasteiger partial charge is 0.378 e. The molecule has 12 heteroatoms. The van der Waals surface area contributed by atoms with Gasteiger partial charge in [0.15, 0.2) is 0 Å². The van der Waals surface area contributed by atoms with E-state index in [0.29, 0.717) is 39.8 Å². The van der Waals surface area contributed by atoms with Crippen LogP contribution in [0.3, 0.4) is 0 Å². The molecule has 2 heterocycles. The van der Waals surface area contributed by atoms with Crippen LogP contribution in [0.5, 0.6) is 0 Å². The fourth-order valence-corrected chi connectivity index (χ4v) is 3.24. The highest BCUT2D eigenvalue weighted by atomic mass is 35.5. The third kappa shape index (κ3) is 4.80. The number of halogens is 2. The van der Waals surface area contributed by atoms with Gasteiger partial charge in [0.25, 0.3) is 5.69 Å². The van der Waals surface area contributed by atoms with Crippen molar-refractivity contribution in [3.8, 4) is 11.1 Å². The van der Waals surface area contributed by atoms with Crippen molar-refractivity contribution in [3.63, 3.8) is 0 Å². The predicted octanol–water partition coefficient (Wildman–Crippen LogP) is 4.66. The van der Waals surface area contributed by atoms with Gasteiger partial charge in [-0.25, -0.2) is 4.98 Å². The number of hydrogen-bond donors (Lipinski definition) is 2. The third-order valence-corrected chi connectivity index (χ3v) is 4.61. The second-order valence-corrected chi connectivity index (χ2v) is 6.73. The monoisotopic (exact) mass is 438 g/mol. The molecular formula is C17H16Cl2N6O4. The molecule has 152 valence electrons. The molecule has 0 saturated heterocycles. The fourth-order valence-electron chi connectivity index (χ4n) is 2.73. The van der Waals surface area contributed by atoms with Crippen molar-refractivity contribution in [2.24, 2.45) is 0 Å². The van der Waals surface area contributed by atoms with Crippen LogP contribution in [0.4, 0.5) is 17.2 Å². The zero-order valence-electron chi connectivity index (χ0n) is 14.9. The SMILES string of the molecule is N.Nc1nc(CCn2cc(-c3ccc(Cl)cc3Cl)c([N+](=O)[O-])c2)ccc1[N+](=O)[O-]. The van der Waals surface area contributed by atoms with Gasteiger partial charge in [0, 0.05) is 41.5 Å². The van der Waals surface area contributed by atoms with E-state index in [9.17, 15) is 20.2 Å². The minimum atomic E-state index is -0.608. The first-order valence-corrected chi connectivity index (χ1v) is 8.71. The molecule has 0 aliphatic rings. The number of benzene rings is 1. The van der Waals surface area contributed by atoms with Crippen molar-refractivity contribution >= 4 is 40.4 Å². The van der Waals surface area contributed by atoms with E-state index in [1.54, 1.807) is 22.9 Å². The lowest BCUT2D eigenvalue weighted by Crippen LogP contribution is -2.04. The molecule has 29 heavy (non-hydrogen) atoms. The van der Waals surface area contributed by atoms with Gasteiger partial charge < -0.3 is 16.5 Å². The van der Waals surface area contributed by atoms with Crippen LogP contribution in [0, 0.1) is 20.2 Å². The van der Waals surface area contributed by atoms with Gasteiger partial charge in [-0.1, -0.05) is 29.3 Å². The lowest BCUT2D eigenvalue weighted by atomic mass is 10.1. The minimum Gasteiger partial charge on any atom is -0.378 e. The van der Waals surface area contributed by atoms with Crippen molar-refractivity contribution in [1.82, 2.24) is 15.7 Å². The Labute approximate surface area is 174 Å². The number of nitrogens with two attached hydrogens (primary N) is 1. The zero-order valence-corrected chi connectivity index (χ0v) is 16.4. The molecule has 0 unspecified atom stereocenters. The molecule has 0 amide bonds. The highest BCUT2D eigenvalue weighted by Crippen LogP contribution is 2.36. The summed E-state index contributed by atoms with van der Waals surface area (Å²) in [6.07, 6.45) is 3.39. The molecule has 2 aromatic heterocycles. The summed E-state index contributed by atoms with van der Waals surface area (Å²) in [5.41, 5.74) is 6.62.